The number of hydrogen-bond acceptors (Lipinski definition) is 2. The SMILES string of the molecule is CN(C(=O)CCCc1ccccc1)[C@H]1CCCN(CCc2ccccc2)C1. The summed E-state index contributed by atoms with van der Waals surface area (Å²) in [4.78, 5) is 17.2. The average molecular weight is 365 g/mol. The molecule has 2 aromatic carbocycles. The van der Waals surface area contributed by atoms with Crippen LogP contribution >= 0.6 is 0 Å². The number of piperidine rings is 1. The van der Waals surface area contributed by atoms with E-state index in [0.29, 0.717) is 18.4 Å². The van der Waals surface area contributed by atoms with Crippen molar-refractivity contribution in [1.29, 1.82) is 0 Å². The van der Waals surface area contributed by atoms with Crippen molar-refractivity contribution in [3.63, 3.8) is 0 Å². The van der Waals surface area contributed by atoms with Crippen LogP contribution in [0.5, 0.6) is 0 Å². The van der Waals surface area contributed by atoms with E-state index in [9.17, 15) is 4.79 Å². The zero-order chi connectivity index (χ0) is 18.9. The summed E-state index contributed by atoms with van der Waals surface area (Å²) in [7, 11) is 2.00. The van der Waals surface area contributed by atoms with E-state index in [-0.39, 0.29) is 0 Å². The van der Waals surface area contributed by atoms with Gasteiger partial charge in [0.05, 0.1) is 0 Å². The minimum atomic E-state index is 0.292. The molecule has 1 heterocycles. The highest BCUT2D eigenvalue weighted by molar-refractivity contribution is 5.76. The number of carbonyl (C=O) groups is 1. The molecule has 3 nitrogen and oxygen atoms in total. The van der Waals surface area contributed by atoms with Crippen molar-refractivity contribution in [1.82, 2.24) is 9.80 Å². The normalized spacial score (nSPS) is 17.6. The monoisotopic (exact) mass is 364 g/mol. The maximum absolute atomic E-state index is 12.6. The molecule has 0 saturated carbocycles. The van der Waals surface area contributed by atoms with Crippen molar-refractivity contribution in [2.24, 2.45) is 0 Å². The van der Waals surface area contributed by atoms with Crippen LogP contribution in [-0.2, 0) is 17.6 Å². The molecule has 1 amide bonds. The molecular formula is C24H32N2O. The molecule has 1 aliphatic rings. The Bertz CT molecular complexity index is 686. The van der Waals surface area contributed by atoms with Gasteiger partial charge in [-0.2, -0.15) is 0 Å². The molecule has 0 N–H and O–H groups in total. The molecule has 1 saturated heterocycles. The average Bonchev–Trinajstić information content (AvgIpc) is 2.73. The maximum atomic E-state index is 12.6. The van der Waals surface area contributed by atoms with Gasteiger partial charge < -0.3 is 9.80 Å². The Kier molecular flexibility index (Phi) is 7.46. The number of nitrogens with zero attached hydrogens (tertiary/aromatic N) is 2. The highest BCUT2D eigenvalue weighted by atomic mass is 16.2. The summed E-state index contributed by atoms with van der Waals surface area (Å²) in [6.45, 7) is 3.24. The van der Waals surface area contributed by atoms with Gasteiger partial charge in [-0.05, 0) is 49.8 Å². The van der Waals surface area contributed by atoms with Gasteiger partial charge in [-0.15, -0.1) is 0 Å². The van der Waals surface area contributed by atoms with Gasteiger partial charge in [0.2, 0.25) is 5.91 Å². The van der Waals surface area contributed by atoms with Gasteiger partial charge >= 0.3 is 0 Å². The maximum Gasteiger partial charge on any atom is 0.222 e. The molecule has 0 radical (unpaired) electrons. The Morgan fingerprint density at radius 3 is 2.30 bits per heavy atom. The smallest absolute Gasteiger partial charge is 0.222 e. The molecule has 0 aromatic heterocycles. The number of hydrogen-bond donors (Lipinski definition) is 0. The molecule has 3 heteroatoms. The van der Waals surface area contributed by atoms with Gasteiger partial charge in [-0.3, -0.25) is 4.79 Å². The van der Waals surface area contributed by atoms with Crippen LogP contribution in [0, 0.1) is 0 Å². The quantitative estimate of drug-likeness (QED) is 0.702. The lowest BCUT2D eigenvalue weighted by Crippen LogP contribution is -2.48. The first-order valence-electron chi connectivity index (χ1n) is 10.3. The standard InChI is InChI=1S/C24H32N2O/c1-25(24(27)16-8-14-21-10-4-2-5-11-21)23-15-9-18-26(20-23)19-17-22-12-6-3-7-13-22/h2-7,10-13,23H,8-9,14-20H2,1H3/t23-/m0/s1. The van der Waals surface area contributed by atoms with Crippen LogP contribution in [0.3, 0.4) is 0 Å². The molecule has 1 atom stereocenters. The number of rotatable bonds is 8. The number of aryl methyl sites for hydroxylation is 1. The minimum Gasteiger partial charge on any atom is -0.341 e. The third-order valence-electron chi connectivity index (χ3n) is 5.68. The van der Waals surface area contributed by atoms with E-state index in [1.54, 1.807) is 0 Å². The van der Waals surface area contributed by atoms with Gasteiger partial charge in [-0.1, -0.05) is 60.7 Å². The molecule has 0 bridgehead atoms. The molecule has 0 spiro atoms. The molecule has 2 aromatic rings. The van der Waals surface area contributed by atoms with Crippen LogP contribution in [0.15, 0.2) is 60.7 Å². The second-order valence-corrected chi connectivity index (χ2v) is 7.68. The fourth-order valence-corrected chi connectivity index (χ4v) is 3.95. The number of carbonyl (C=O) groups excluding carboxylic acids is 1. The van der Waals surface area contributed by atoms with E-state index >= 15 is 0 Å². The van der Waals surface area contributed by atoms with Crippen LogP contribution in [0.1, 0.15) is 36.8 Å². The third-order valence-corrected chi connectivity index (χ3v) is 5.68. The Morgan fingerprint density at radius 2 is 1.63 bits per heavy atom. The summed E-state index contributed by atoms with van der Waals surface area (Å²) >= 11 is 0. The Balaban J connectivity index is 1.41. The Hall–Kier alpha value is -2.13. The van der Waals surface area contributed by atoms with Crippen molar-refractivity contribution in [2.45, 2.75) is 44.6 Å². The largest absolute Gasteiger partial charge is 0.341 e. The highest BCUT2D eigenvalue weighted by Crippen LogP contribution is 2.17. The summed E-state index contributed by atoms with van der Waals surface area (Å²) in [6.07, 6.45) is 5.95. The van der Waals surface area contributed by atoms with Crippen molar-refractivity contribution >= 4 is 5.91 Å². The fourth-order valence-electron chi connectivity index (χ4n) is 3.95. The summed E-state index contributed by atoms with van der Waals surface area (Å²) in [5, 5.41) is 0. The minimum absolute atomic E-state index is 0.292. The van der Waals surface area contributed by atoms with Crippen LogP contribution < -0.4 is 0 Å². The van der Waals surface area contributed by atoms with Crippen molar-refractivity contribution in [3.8, 4) is 0 Å². The fraction of sp³-hybridized carbons (Fsp3) is 0.458. The van der Waals surface area contributed by atoms with Gasteiger partial charge in [0.1, 0.15) is 0 Å². The van der Waals surface area contributed by atoms with Crippen LogP contribution in [-0.4, -0.2) is 48.4 Å². The van der Waals surface area contributed by atoms with E-state index in [2.05, 4.69) is 59.5 Å². The predicted molar refractivity (Wildman–Crippen MR) is 112 cm³/mol. The predicted octanol–water partition coefficient (Wildman–Crippen LogP) is 4.17. The van der Waals surface area contributed by atoms with E-state index in [1.165, 1.54) is 17.5 Å². The summed E-state index contributed by atoms with van der Waals surface area (Å²) < 4.78 is 0. The van der Waals surface area contributed by atoms with Crippen LogP contribution in [0.2, 0.25) is 0 Å². The Labute approximate surface area is 164 Å². The lowest BCUT2D eigenvalue weighted by molar-refractivity contribution is -0.133. The van der Waals surface area contributed by atoms with E-state index in [4.69, 9.17) is 0 Å². The molecule has 3 rings (SSSR count). The second kappa shape index (κ2) is 10.3. The topological polar surface area (TPSA) is 23.6 Å². The summed E-state index contributed by atoms with van der Waals surface area (Å²) in [6, 6.07) is 21.5. The summed E-state index contributed by atoms with van der Waals surface area (Å²) in [5.74, 6) is 0.292. The van der Waals surface area contributed by atoms with Crippen LogP contribution in [0.25, 0.3) is 0 Å². The molecule has 0 unspecified atom stereocenters. The van der Waals surface area contributed by atoms with Gasteiger partial charge in [0.25, 0.3) is 0 Å². The number of likely N-dealkylation sites (N-methyl/N-ethyl adjacent to an activating group) is 1. The highest BCUT2D eigenvalue weighted by Gasteiger charge is 2.25. The van der Waals surface area contributed by atoms with E-state index in [1.807, 2.05) is 18.0 Å². The second-order valence-electron chi connectivity index (χ2n) is 7.68. The van der Waals surface area contributed by atoms with Gasteiger partial charge in [0.15, 0.2) is 0 Å². The molecule has 27 heavy (non-hydrogen) atoms. The Morgan fingerprint density at radius 1 is 1.00 bits per heavy atom. The number of likely N-dealkylation sites (tertiary alicyclic amines) is 1. The van der Waals surface area contributed by atoms with Gasteiger partial charge in [-0.25, -0.2) is 0 Å². The van der Waals surface area contributed by atoms with Crippen molar-refractivity contribution < 1.29 is 4.79 Å². The molecule has 144 valence electrons. The number of benzene rings is 2. The van der Waals surface area contributed by atoms with Crippen LogP contribution in [0.4, 0.5) is 0 Å². The lowest BCUT2D eigenvalue weighted by atomic mass is 10.0. The van der Waals surface area contributed by atoms with Gasteiger partial charge in [0, 0.05) is 32.6 Å². The third kappa shape index (κ3) is 6.21. The first-order valence-corrected chi connectivity index (χ1v) is 10.3. The zero-order valence-corrected chi connectivity index (χ0v) is 16.5. The van der Waals surface area contributed by atoms with Crippen molar-refractivity contribution in [3.05, 3.63) is 71.8 Å². The first kappa shape index (κ1) is 19.6. The molecule has 0 aliphatic carbocycles. The summed E-state index contributed by atoms with van der Waals surface area (Å²) in [5.41, 5.74) is 2.71. The zero-order valence-electron chi connectivity index (χ0n) is 16.5. The first-order chi connectivity index (χ1) is 13.2. The van der Waals surface area contributed by atoms with E-state index < -0.39 is 0 Å². The molecular weight excluding hydrogens is 332 g/mol. The lowest BCUT2D eigenvalue weighted by Gasteiger charge is -2.37. The van der Waals surface area contributed by atoms with Crippen molar-refractivity contribution in [2.75, 3.05) is 26.7 Å². The van der Waals surface area contributed by atoms with E-state index in [0.717, 1.165) is 45.3 Å². The number of amides is 1. The molecule has 1 aliphatic heterocycles. The molecule has 1 fully saturated rings.